The van der Waals surface area contributed by atoms with E-state index in [1.165, 1.54) is 10.9 Å². The van der Waals surface area contributed by atoms with E-state index in [4.69, 9.17) is 5.26 Å². The molecule has 0 aliphatic rings. The van der Waals surface area contributed by atoms with Gasteiger partial charge in [0.25, 0.3) is 0 Å². The molecule has 0 unspecified atom stereocenters. The van der Waals surface area contributed by atoms with Crippen LogP contribution in [0.15, 0.2) is 12.4 Å². The molecule has 0 aromatic carbocycles. The van der Waals surface area contributed by atoms with Crippen LogP contribution in [0.2, 0.25) is 0 Å². The molecule has 0 saturated carbocycles. The minimum absolute atomic E-state index is 0.168. The summed E-state index contributed by atoms with van der Waals surface area (Å²) < 4.78 is 1.18. The molecule has 0 fully saturated rings. The van der Waals surface area contributed by atoms with Crippen molar-refractivity contribution in [2.24, 2.45) is 0 Å². The van der Waals surface area contributed by atoms with Crippen molar-refractivity contribution in [1.29, 1.82) is 5.26 Å². The molecule has 2 aromatic heterocycles. The third-order valence-electron chi connectivity index (χ3n) is 2.54. The zero-order valence-corrected chi connectivity index (χ0v) is 9.65. The summed E-state index contributed by atoms with van der Waals surface area (Å²) in [6, 6.07) is 2.01. The van der Waals surface area contributed by atoms with E-state index in [0.29, 0.717) is 16.8 Å². The SMILES string of the molecule is Cc1nnc(-n2cc([N+](=O)[O-])cn2)c(C#N)c1C. The Hall–Kier alpha value is -2.82. The van der Waals surface area contributed by atoms with Crippen LogP contribution < -0.4 is 0 Å². The summed E-state index contributed by atoms with van der Waals surface area (Å²) in [6.07, 6.45) is 2.29. The van der Waals surface area contributed by atoms with E-state index < -0.39 is 4.92 Å². The van der Waals surface area contributed by atoms with Crippen LogP contribution in [-0.4, -0.2) is 24.9 Å². The standard InChI is InChI=1S/C10H8N6O2/c1-6-7(2)13-14-10(9(6)3-11)15-5-8(4-12-15)16(17)18/h4-5H,1-2H3. The molecule has 0 aliphatic heterocycles. The number of hydrogen-bond donors (Lipinski definition) is 0. The minimum Gasteiger partial charge on any atom is -0.258 e. The highest BCUT2D eigenvalue weighted by atomic mass is 16.6. The van der Waals surface area contributed by atoms with E-state index in [0.717, 1.165) is 6.20 Å². The predicted octanol–water partition coefficient (Wildman–Crippen LogP) is 1.06. The van der Waals surface area contributed by atoms with Crippen LogP contribution in [0.3, 0.4) is 0 Å². The molecule has 2 heterocycles. The van der Waals surface area contributed by atoms with Gasteiger partial charge >= 0.3 is 5.69 Å². The van der Waals surface area contributed by atoms with Gasteiger partial charge in [0, 0.05) is 0 Å². The molecule has 8 heteroatoms. The predicted molar refractivity (Wildman–Crippen MR) is 60.0 cm³/mol. The first-order chi connectivity index (χ1) is 8.54. The van der Waals surface area contributed by atoms with Crippen LogP contribution in [0.25, 0.3) is 5.82 Å². The molecule has 0 spiro atoms. The largest absolute Gasteiger partial charge is 0.307 e. The fraction of sp³-hybridized carbons (Fsp3) is 0.200. The zero-order chi connectivity index (χ0) is 13.3. The Morgan fingerprint density at radius 1 is 1.44 bits per heavy atom. The first kappa shape index (κ1) is 11.7. The highest BCUT2D eigenvalue weighted by molar-refractivity contribution is 5.49. The number of nitrogens with zero attached hydrogens (tertiary/aromatic N) is 6. The zero-order valence-electron chi connectivity index (χ0n) is 9.65. The molecule has 18 heavy (non-hydrogen) atoms. The summed E-state index contributed by atoms with van der Waals surface area (Å²) in [5.41, 5.74) is 1.46. The van der Waals surface area contributed by atoms with Gasteiger partial charge in [0.2, 0.25) is 0 Å². The first-order valence-electron chi connectivity index (χ1n) is 4.98. The van der Waals surface area contributed by atoms with Crippen LogP contribution in [0.5, 0.6) is 0 Å². The van der Waals surface area contributed by atoms with Crippen molar-refractivity contribution < 1.29 is 4.92 Å². The van der Waals surface area contributed by atoms with Gasteiger partial charge in [-0.15, -0.1) is 5.10 Å². The van der Waals surface area contributed by atoms with Gasteiger partial charge in [0.05, 0.1) is 10.6 Å². The summed E-state index contributed by atoms with van der Waals surface area (Å²) in [5, 5.41) is 31.2. The van der Waals surface area contributed by atoms with Gasteiger partial charge in [-0.3, -0.25) is 10.1 Å². The van der Waals surface area contributed by atoms with Crippen LogP contribution in [0.1, 0.15) is 16.8 Å². The average Bonchev–Trinajstić information content (AvgIpc) is 2.82. The lowest BCUT2D eigenvalue weighted by atomic mass is 10.1. The molecule has 0 aliphatic carbocycles. The highest BCUT2D eigenvalue weighted by Gasteiger charge is 2.16. The van der Waals surface area contributed by atoms with Crippen molar-refractivity contribution >= 4 is 5.69 Å². The maximum absolute atomic E-state index is 10.6. The summed E-state index contributed by atoms with van der Waals surface area (Å²) in [5.74, 6) is 0.189. The van der Waals surface area contributed by atoms with Crippen molar-refractivity contribution in [2.45, 2.75) is 13.8 Å². The van der Waals surface area contributed by atoms with Gasteiger partial charge in [-0.1, -0.05) is 0 Å². The van der Waals surface area contributed by atoms with E-state index in [1.807, 2.05) is 6.07 Å². The Morgan fingerprint density at radius 3 is 2.72 bits per heavy atom. The van der Waals surface area contributed by atoms with Crippen molar-refractivity contribution in [2.75, 3.05) is 0 Å². The molecule has 2 aromatic rings. The van der Waals surface area contributed by atoms with E-state index in [1.54, 1.807) is 13.8 Å². The maximum Gasteiger partial charge on any atom is 0.307 e. The van der Waals surface area contributed by atoms with Crippen LogP contribution in [0.4, 0.5) is 5.69 Å². The number of aromatic nitrogens is 4. The monoisotopic (exact) mass is 244 g/mol. The fourth-order valence-corrected chi connectivity index (χ4v) is 1.41. The fourth-order valence-electron chi connectivity index (χ4n) is 1.41. The van der Waals surface area contributed by atoms with Crippen LogP contribution in [-0.2, 0) is 0 Å². The number of nitro groups is 1. The van der Waals surface area contributed by atoms with E-state index in [9.17, 15) is 10.1 Å². The van der Waals surface area contributed by atoms with Gasteiger partial charge in [0.1, 0.15) is 24.0 Å². The van der Waals surface area contributed by atoms with Crippen LogP contribution in [0, 0.1) is 35.3 Å². The first-order valence-corrected chi connectivity index (χ1v) is 4.98. The Balaban J connectivity index is 2.61. The van der Waals surface area contributed by atoms with Crippen molar-refractivity contribution in [1.82, 2.24) is 20.0 Å². The lowest BCUT2D eigenvalue weighted by Crippen LogP contribution is -2.07. The number of aryl methyl sites for hydroxylation is 1. The summed E-state index contributed by atoms with van der Waals surface area (Å²) in [7, 11) is 0. The molecular formula is C10H8N6O2. The van der Waals surface area contributed by atoms with Gasteiger partial charge in [0.15, 0.2) is 5.82 Å². The number of rotatable bonds is 2. The molecule has 0 N–H and O–H groups in total. The molecule has 0 bridgehead atoms. The second kappa shape index (κ2) is 4.21. The Bertz CT molecular complexity index is 669. The molecule has 0 saturated heterocycles. The molecule has 0 radical (unpaired) electrons. The lowest BCUT2D eigenvalue weighted by molar-refractivity contribution is -0.384. The number of nitriles is 1. The normalized spacial score (nSPS) is 10.1. The summed E-state index contributed by atoms with van der Waals surface area (Å²) in [4.78, 5) is 10.0. The molecule has 2 rings (SSSR count). The smallest absolute Gasteiger partial charge is 0.258 e. The second-order valence-corrected chi connectivity index (χ2v) is 3.62. The van der Waals surface area contributed by atoms with Crippen molar-refractivity contribution in [3.63, 3.8) is 0 Å². The molecule has 8 nitrogen and oxygen atoms in total. The molecule has 90 valence electrons. The van der Waals surface area contributed by atoms with E-state index in [-0.39, 0.29) is 11.5 Å². The Kier molecular flexibility index (Phi) is 2.73. The van der Waals surface area contributed by atoms with E-state index >= 15 is 0 Å². The van der Waals surface area contributed by atoms with Gasteiger partial charge in [-0.25, -0.2) is 4.68 Å². The number of hydrogen-bond acceptors (Lipinski definition) is 6. The third kappa shape index (κ3) is 1.78. The minimum atomic E-state index is -0.565. The maximum atomic E-state index is 10.6. The quantitative estimate of drug-likeness (QED) is 0.576. The van der Waals surface area contributed by atoms with Crippen LogP contribution >= 0.6 is 0 Å². The van der Waals surface area contributed by atoms with Crippen molar-refractivity contribution in [3.05, 3.63) is 39.3 Å². The second-order valence-electron chi connectivity index (χ2n) is 3.62. The third-order valence-corrected chi connectivity index (χ3v) is 2.54. The van der Waals surface area contributed by atoms with Gasteiger partial charge < -0.3 is 0 Å². The Labute approximate surface area is 102 Å². The highest BCUT2D eigenvalue weighted by Crippen LogP contribution is 2.18. The molecule has 0 amide bonds. The topological polar surface area (TPSA) is 111 Å². The van der Waals surface area contributed by atoms with Gasteiger partial charge in [-0.2, -0.15) is 15.5 Å². The molecule has 0 atom stereocenters. The lowest BCUT2D eigenvalue weighted by Gasteiger charge is -2.05. The van der Waals surface area contributed by atoms with Crippen molar-refractivity contribution in [3.8, 4) is 11.9 Å². The summed E-state index contributed by atoms with van der Waals surface area (Å²) >= 11 is 0. The van der Waals surface area contributed by atoms with E-state index in [2.05, 4.69) is 15.3 Å². The average molecular weight is 244 g/mol. The molecular weight excluding hydrogens is 236 g/mol. The summed E-state index contributed by atoms with van der Waals surface area (Å²) in [6.45, 7) is 3.47. The Morgan fingerprint density at radius 2 is 2.17 bits per heavy atom. The van der Waals surface area contributed by atoms with Gasteiger partial charge in [-0.05, 0) is 19.4 Å².